The number of fused-ring (bicyclic) bond motifs is 1. The first-order valence-corrected chi connectivity index (χ1v) is 10.7. The molecule has 1 atom stereocenters. The Morgan fingerprint density at radius 3 is 2.71 bits per heavy atom. The molecule has 0 spiro atoms. The van der Waals surface area contributed by atoms with E-state index in [1.165, 1.54) is 30.1 Å². The predicted octanol–water partition coefficient (Wildman–Crippen LogP) is 4.99. The minimum absolute atomic E-state index is 0.00866. The van der Waals surface area contributed by atoms with Crippen molar-refractivity contribution in [3.05, 3.63) is 88.0 Å². The van der Waals surface area contributed by atoms with Gasteiger partial charge in [0, 0.05) is 17.7 Å². The molecule has 7 nitrogen and oxygen atoms in total. The van der Waals surface area contributed by atoms with E-state index in [0.717, 1.165) is 16.3 Å². The molecule has 156 valence electrons. The molecule has 31 heavy (non-hydrogen) atoms. The van der Waals surface area contributed by atoms with Gasteiger partial charge in [-0.3, -0.25) is 19.8 Å². The highest BCUT2D eigenvalue weighted by Crippen LogP contribution is 2.32. The van der Waals surface area contributed by atoms with Crippen molar-refractivity contribution in [2.75, 3.05) is 0 Å². The molecule has 1 fully saturated rings. The van der Waals surface area contributed by atoms with Crippen LogP contribution in [0.1, 0.15) is 24.5 Å². The number of nitrogens with zero attached hydrogens (tertiary/aromatic N) is 4. The number of carbonyl (C=O) groups is 1. The average molecular weight is 433 g/mol. The van der Waals surface area contributed by atoms with Gasteiger partial charge in [-0.2, -0.15) is 5.10 Å². The summed E-state index contributed by atoms with van der Waals surface area (Å²) in [4.78, 5) is 25.1. The molecule has 0 saturated carbocycles. The molecule has 0 radical (unpaired) electrons. The molecule has 1 amide bonds. The van der Waals surface area contributed by atoms with Crippen molar-refractivity contribution < 1.29 is 9.72 Å². The lowest BCUT2D eigenvalue weighted by atomic mass is 10.0. The first-order chi connectivity index (χ1) is 15.1. The van der Waals surface area contributed by atoms with Crippen molar-refractivity contribution in [2.45, 2.75) is 25.1 Å². The quantitative estimate of drug-likeness (QED) is 0.312. The van der Waals surface area contributed by atoms with Crippen LogP contribution >= 0.6 is 11.8 Å². The molecule has 1 heterocycles. The van der Waals surface area contributed by atoms with Gasteiger partial charge in [0.05, 0.1) is 22.9 Å². The summed E-state index contributed by atoms with van der Waals surface area (Å²) < 4.78 is 0. The van der Waals surface area contributed by atoms with Gasteiger partial charge in [0.15, 0.2) is 5.17 Å². The Hall–Kier alpha value is -3.52. The number of hydrogen-bond acceptors (Lipinski definition) is 6. The topological polar surface area (TPSA) is 88.2 Å². The smallest absolute Gasteiger partial charge is 0.270 e. The van der Waals surface area contributed by atoms with E-state index in [-0.39, 0.29) is 16.8 Å². The number of benzene rings is 3. The zero-order chi connectivity index (χ0) is 21.8. The van der Waals surface area contributed by atoms with Crippen LogP contribution < -0.4 is 0 Å². The zero-order valence-electron chi connectivity index (χ0n) is 16.8. The number of nitro groups is 1. The zero-order valence-corrected chi connectivity index (χ0v) is 17.7. The van der Waals surface area contributed by atoms with Gasteiger partial charge >= 0.3 is 0 Å². The number of rotatable bonds is 6. The second-order valence-corrected chi connectivity index (χ2v) is 8.23. The Balaban J connectivity index is 1.61. The molecule has 0 bridgehead atoms. The molecule has 4 rings (SSSR count). The van der Waals surface area contributed by atoms with Crippen LogP contribution in [0.2, 0.25) is 0 Å². The third-order valence-electron chi connectivity index (χ3n) is 5.03. The van der Waals surface area contributed by atoms with E-state index in [1.54, 1.807) is 17.0 Å². The van der Waals surface area contributed by atoms with Gasteiger partial charge in [0.25, 0.3) is 5.69 Å². The van der Waals surface area contributed by atoms with Crippen molar-refractivity contribution in [1.29, 1.82) is 0 Å². The minimum atomic E-state index is -0.452. The Morgan fingerprint density at radius 2 is 1.90 bits per heavy atom. The number of non-ortho nitro benzene ring substituents is 1. The monoisotopic (exact) mass is 432 g/mol. The standard InChI is InChI=1S/C23H20N4O3S/c1-2-21-22(28)26(15-18-10-6-9-17-8-3-4-12-20(17)18)23(31-21)25-24-14-16-7-5-11-19(13-16)27(29)30/h3-14,21H,2,15H2,1H3/b24-14+,25-23-. The lowest BCUT2D eigenvalue weighted by Gasteiger charge is -2.17. The maximum Gasteiger partial charge on any atom is 0.270 e. The van der Waals surface area contributed by atoms with Crippen LogP contribution in [0.25, 0.3) is 10.8 Å². The summed E-state index contributed by atoms with van der Waals surface area (Å²) in [5.41, 5.74) is 1.60. The lowest BCUT2D eigenvalue weighted by molar-refractivity contribution is -0.384. The Morgan fingerprint density at radius 1 is 1.13 bits per heavy atom. The van der Waals surface area contributed by atoms with E-state index in [9.17, 15) is 14.9 Å². The summed E-state index contributed by atoms with van der Waals surface area (Å²) in [6.45, 7) is 2.38. The molecule has 0 N–H and O–H groups in total. The highest BCUT2D eigenvalue weighted by atomic mass is 32.2. The highest BCUT2D eigenvalue weighted by Gasteiger charge is 2.37. The second-order valence-electron chi connectivity index (χ2n) is 7.06. The fourth-order valence-electron chi connectivity index (χ4n) is 3.45. The van der Waals surface area contributed by atoms with Crippen molar-refractivity contribution in [3.63, 3.8) is 0 Å². The fourth-order valence-corrected chi connectivity index (χ4v) is 4.48. The summed E-state index contributed by atoms with van der Waals surface area (Å²) in [5, 5.41) is 21.9. The van der Waals surface area contributed by atoms with Crippen LogP contribution in [0.15, 0.2) is 76.9 Å². The van der Waals surface area contributed by atoms with E-state index in [2.05, 4.69) is 10.2 Å². The molecule has 0 aliphatic carbocycles. The first-order valence-electron chi connectivity index (χ1n) is 9.87. The van der Waals surface area contributed by atoms with Crippen LogP contribution in [0.5, 0.6) is 0 Å². The maximum atomic E-state index is 12.9. The second kappa shape index (κ2) is 9.09. The molecular weight excluding hydrogens is 412 g/mol. The van der Waals surface area contributed by atoms with Gasteiger partial charge in [-0.25, -0.2) is 0 Å². The van der Waals surface area contributed by atoms with Crippen LogP contribution in [-0.2, 0) is 11.3 Å². The van der Waals surface area contributed by atoms with Gasteiger partial charge < -0.3 is 0 Å². The number of thioether (sulfide) groups is 1. The molecule has 3 aromatic carbocycles. The van der Waals surface area contributed by atoms with Gasteiger partial charge in [-0.05, 0) is 22.8 Å². The molecular formula is C23H20N4O3S. The van der Waals surface area contributed by atoms with E-state index in [0.29, 0.717) is 23.7 Å². The summed E-state index contributed by atoms with van der Waals surface area (Å²) in [7, 11) is 0. The molecule has 1 aliphatic heterocycles. The summed E-state index contributed by atoms with van der Waals surface area (Å²) in [6.07, 6.45) is 2.16. The predicted molar refractivity (Wildman–Crippen MR) is 124 cm³/mol. The highest BCUT2D eigenvalue weighted by molar-refractivity contribution is 8.15. The van der Waals surface area contributed by atoms with Crippen molar-refractivity contribution in [3.8, 4) is 0 Å². The van der Waals surface area contributed by atoms with Gasteiger partial charge in [0.1, 0.15) is 0 Å². The molecule has 1 unspecified atom stereocenters. The minimum Gasteiger partial charge on any atom is -0.284 e. The van der Waals surface area contributed by atoms with Crippen LogP contribution in [0.4, 0.5) is 5.69 Å². The normalized spacial score (nSPS) is 17.8. The van der Waals surface area contributed by atoms with Crippen LogP contribution in [-0.4, -0.2) is 32.4 Å². The summed E-state index contributed by atoms with van der Waals surface area (Å²) >= 11 is 1.40. The Kier molecular flexibility index (Phi) is 6.08. The number of amidine groups is 1. The number of nitro benzene ring substituents is 1. The van der Waals surface area contributed by atoms with Gasteiger partial charge in [-0.15, -0.1) is 5.10 Å². The first kappa shape index (κ1) is 20.7. The van der Waals surface area contributed by atoms with Crippen LogP contribution in [0, 0.1) is 10.1 Å². The lowest BCUT2D eigenvalue weighted by Crippen LogP contribution is -2.31. The summed E-state index contributed by atoms with van der Waals surface area (Å²) in [6, 6.07) is 20.3. The third-order valence-corrected chi connectivity index (χ3v) is 6.36. The molecule has 8 heteroatoms. The largest absolute Gasteiger partial charge is 0.284 e. The Bertz CT molecular complexity index is 1200. The molecule has 0 aromatic heterocycles. The average Bonchev–Trinajstić information content (AvgIpc) is 3.09. The van der Waals surface area contributed by atoms with Gasteiger partial charge in [0.2, 0.25) is 5.91 Å². The molecule has 3 aromatic rings. The van der Waals surface area contributed by atoms with Crippen LogP contribution in [0.3, 0.4) is 0 Å². The Labute approximate surface area is 183 Å². The van der Waals surface area contributed by atoms with Gasteiger partial charge in [-0.1, -0.05) is 73.3 Å². The maximum absolute atomic E-state index is 12.9. The SMILES string of the molecule is CCC1S/C(=N\N=C\c2cccc([N+](=O)[O-])c2)N(Cc2cccc3ccccc23)C1=O. The molecule has 1 aliphatic rings. The fraction of sp³-hybridized carbons (Fsp3) is 0.174. The van der Waals surface area contributed by atoms with Crippen molar-refractivity contribution in [2.24, 2.45) is 10.2 Å². The summed E-state index contributed by atoms with van der Waals surface area (Å²) in [5.74, 6) is 0.0183. The third kappa shape index (κ3) is 4.49. The number of hydrogen-bond donors (Lipinski definition) is 0. The number of carbonyl (C=O) groups excluding carboxylic acids is 1. The number of amides is 1. The van der Waals surface area contributed by atoms with E-state index >= 15 is 0 Å². The van der Waals surface area contributed by atoms with Crippen molar-refractivity contribution >= 4 is 45.5 Å². The van der Waals surface area contributed by atoms with E-state index in [1.807, 2.05) is 49.4 Å². The van der Waals surface area contributed by atoms with E-state index < -0.39 is 4.92 Å². The van der Waals surface area contributed by atoms with Crippen molar-refractivity contribution in [1.82, 2.24) is 4.90 Å². The molecule has 1 saturated heterocycles. The van der Waals surface area contributed by atoms with E-state index in [4.69, 9.17) is 0 Å².